The Bertz CT molecular complexity index is 885. The number of nitrogens with one attached hydrogen (secondary N) is 1. The largest absolute Gasteiger partial charge is 0.491 e. The van der Waals surface area contributed by atoms with Crippen molar-refractivity contribution in [2.24, 2.45) is 0 Å². The lowest BCUT2D eigenvalue weighted by Gasteiger charge is -2.19. The lowest BCUT2D eigenvalue weighted by molar-refractivity contribution is -0.125. The minimum atomic E-state index is -0.243. The highest BCUT2D eigenvalue weighted by molar-refractivity contribution is 8.14. The lowest BCUT2D eigenvalue weighted by Crippen LogP contribution is -2.34. The normalized spacial score (nSPS) is 13.5. The van der Waals surface area contributed by atoms with E-state index in [9.17, 15) is 14.4 Å². The van der Waals surface area contributed by atoms with Crippen molar-refractivity contribution in [2.75, 3.05) is 31.3 Å². The number of likely N-dealkylation sites (N-methyl/N-ethyl adjacent to an activating group) is 1. The molecule has 0 aliphatic carbocycles. The summed E-state index contributed by atoms with van der Waals surface area (Å²) in [5, 5.41) is 2.60. The molecule has 0 spiro atoms. The maximum Gasteiger partial charge on any atom is 0.321 e. The molecular formula is C21H23N3O4S. The van der Waals surface area contributed by atoms with Crippen molar-refractivity contribution in [1.29, 1.82) is 0 Å². The van der Waals surface area contributed by atoms with Crippen LogP contribution in [0.4, 0.5) is 15.3 Å². The van der Waals surface area contributed by atoms with E-state index in [0.717, 1.165) is 28.6 Å². The summed E-state index contributed by atoms with van der Waals surface area (Å²) in [6, 6.07) is 14.6. The van der Waals surface area contributed by atoms with E-state index < -0.39 is 0 Å². The molecule has 0 atom stereocenters. The molecule has 29 heavy (non-hydrogen) atoms. The Morgan fingerprint density at radius 3 is 2.55 bits per heavy atom. The zero-order valence-electron chi connectivity index (χ0n) is 16.4. The Morgan fingerprint density at radius 1 is 1.17 bits per heavy atom. The number of imide groups is 1. The van der Waals surface area contributed by atoms with Gasteiger partial charge in [-0.15, -0.1) is 0 Å². The van der Waals surface area contributed by atoms with E-state index >= 15 is 0 Å². The zero-order chi connectivity index (χ0) is 20.8. The summed E-state index contributed by atoms with van der Waals surface area (Å²) in [5.41, 5.74) is 2.52. The molecule has 0 bridgehead atoms. The first-order valence-corrected chi connectivity index (χ1v) is 10.2. The molecule has 3 rings (SSSR count). The molecule has 8 heteroatoms. The molecular weight excluding hydrogens is 390 g/mol. The van der Waals surface area contributed by atoms with Gasteiger partial charge in [0.05, 0.1) is 18.8 Å². The number of carbonyl (C=O) groups is 3. The number of para-hydroxylation sites is 1. The Kier molecular flexibility index (Phi) is 6.77. The smallest absolute Gasteiger partial charge is 0.321 e. The van der Waals surface area contributed by atoms with Gasteiger partial charge in [-0.05, 0) is 36.2 Å². The number of hydrogen-bond acceptors (Lipinski definition) is 5. The van der Waals surface area contributed by atoms with Gasteiger partial charge in [-0.3, -0.25) is 14.5 Å². The van der Waals surface area contributed by atoms with Crippen LogP contribution in [0.15, 0.2) is 48.5 Å². The highest BCUT2D eigenvalue weighted by atomic mass is 32.2. The minimum absolute atomic E-state index is 0.174. The van der Waals surface area contributed by atoms with Crippen LogP contribution in [0.2, 0.25) is 0 Å². The third kappa shape index (κ3) is 5.51. The number of aryl methyl sites for hydroxylation is 1. The van der Waals surface area contributed by atoms with E-state index in [1.54, 1.807) is 36.2 Å². The summed E-state index contributed by atoms with van der Waals surface area (Å²) >= 11 is 1.02. The van der Waals surface area contributed by atoms with E-state index in [1.807, 2.05) is 31.2 Å². The lowest BCUT2D eigenvalue weighted by atomic mass is 10.2. The van der Waals surface area contributed by atoms with Crippen LogP contribution in [0, 0.1) is 6.92 Å². The maximum absolute atomic E-state index is 12.3. The summed E-state index contributed by atoms with van der Waals surface area (Å²) in [5.74, 6) is 0.838. The van der Waals surface area contributed by atoms with Crippen molar-refractivity contribution in [3.8, 4) is 5.75 Å². The van der Waals surface area contributed by atoms with E-state index in [1.165, 1.54) is 4.90 Å². The van der Waals surface area contributed by atoms with Crippen LogP contribution >= 0.6 is 11.8 Å². The molecule has 1 saturated heterocycles. The summed E-state index contributed by atoms with van der Waals surface area (Å²) in [6.45, 7) is 3.05. The predicted molar refractivity (Wildman–Crippen MR) is 113 cm³/mol. The van der Waals surface area contributed by atoms with Crippen LogP contribution in [0.3, 0.4) is 0 Å². The van der Waals surface area contributed by atoms with Gasteiger partial charge in [-0.2, -0.15) is 0 Å². The number of nitrogens with zero attached hydrogens (tertiary/aromatic N) is 2. The summed E-state index contributed by atoms with van der Waals surface area (Å²) in [4.78, 5) is 38.5. The fourth-order valence-corrected chi connectivity index (χ4v) is 3.47. The summed E-state index contributed by atoms with van der Waals surface area (Å²) < 4.78 is 5.72. The van der Waals surface area contributed by atoms with Gasteiger partial charge < -0.3 is 15.0 Å². The first-order chi connectivity index (χ1) is 13.9. The number of amides is 4. The van der Waals surface area contributed by atoms with Crippen LogP contribution in [-0.4, -0.2) is 52.9 Å². The second-order valence-electron chi connectivity index (χ2n) is 6.70. The summed E-state index contributed by atoms with van der Waals surface area (Å²) in [6.07, 6.45) is 0. The highest BCUT2D eigenvalue weighted by Gasteiger charge is 2.29. The number of carbonyl (C=O) groups excluding carboxylic acids is 3. The van der Waals surface area contributed by atoms with E-state index in [2.05, 4.69) is 5.32 Å². The topological polar surface area (TPSA) is 79.0 Å². The molecule has 1 aliphatic rings. The molecule has 2 aromatic rings. The van der Waals surface area contributed by atoms with Crippen LogP contribution in [0.1, 0.15) is 11.1 Å². The van der Waals surface area contributed by atoms with Gasteiger partial charge in [0, 0.05) is 12.7 Å². The fraction of sp³-hybridized carbons (Fsp3) is 0.286. The Balaban J connectivity index is 1.46. The second-order valence-corrected chi connectivity index (χ2v) is 7.62. The van der Waals surface area contributed by atoms with Gasteiger partial charge in [0.25, 0.3) is 5.24 Å². The minimum Gasteiger partial charge on any atom is -0.491 e. The van der Waals surface area contributed by atoms with Gasteiger partial charge in [-0.1, -0.05) is 42.1 Å². The number of urea groups is 1. The van der Waals surface area contributed by atoms with Gasteiger partial charge >= 0.3 is 6.03 Å². The van der Waals surface area contributed by atoms with Crippen molar-refractivity contribution in [3.05, 3.63) is 59.7 Å². The molecule has 1 aliphatic heterocycles. The number of anilines is 1. The van der Waals surface area contributed by atoms with Crippen LogP contribution in [-0.2, 0) is 11.3 Å². The van der Waals surface area contributed by atoms with Crippen molar-refractivity contribution in [1.82, 2.24) is 9.80 Å². The zero-order valence-corrected chi connectivity index (χ0v) is 17.2. The quantitative estimate of drug-likeness (QED) is 0.748. The third-order valence-corrected chi connectivity index (χ3v) is 5.37. The summed E-state index contributed by atoms with van der Waals surface area (Å²) in [7, 11) is 1.70. The van der Waals surface area contributed by atoms with Crippen molar-refractivity contribution < 1.29 is 19.1 Å². The molecule has 7 nitrogen and oxygen atoms in total. The van der Waals surface area contributed by atoms with Gasteiger partial charge in [0.1, 0.15) is 12.4 Å². The van der Waals surface area contributed by atoms with Crippen LogP contribution in [0.5, 0.6) is 5.75 Å². The van der Waals surface area contributed by atoms with Crippen molar-refractivity contribution >= 4 is 34.6 Å². The Morgan fingerprint density at radius 2 is 1.90 bits per heavy atom. The number of hydrogen-bond donors (Lipinski definition) is 1. The van der Waals surface area contributed by atoms with E-state index in [0.29, 0.717) is 18.8 Å². The number of thioether (sulfide) groups is 1. The molecule has 152 valence electrons. The number of benzene rings is 2. The average Bonchev–Trinajstić information content (AvgIpc) is 3.02. The Hall–Kier alpha value is -3.00. The molecule has 4 amide bonds. The Labute approximate surface area is 174 Å². The molecule has 1 heterocycles. The third-order valence-electron chi connectivity index (χ3n) is 4.51. The molecule has 0 saturated carbocycles. The molecule has 0 radical (unpaired) electrons. The molecule has 2 aromatic carbocycles. The van der Waals surface area contributed by atoms with Crippen LogP contribution in [0.25, 0.3) is 0 Å². The number of ether oxygens (including phenoxy) is 1. The number of rotatable bonds is 7. The van der Waals surface area contributed by atoms with Crippen molar-refractivity contribution in [2.45, 2.75) is 13.5 Å². The van der Waals surface area contributed by atoms with Gasteiger partial charge in [0.2, 0.25) is 5.91 Å². The van der Waals surface area contributed by atoms with Crippen molar-refractivity contribution in [3.63, 3.8) is 0 Å². The van der Waals surface area contributed by atoms with E-state index in [4.69, 9.17) is 4.74 Å². The first-order valence-electron chi connectivity index (χ1n) is 9.20. The highest BCUT2D eigenvalue weighted by Crippen LogP contribution is 2.22. The van der Waals surface area contributed by atoms with E-state index in [-0.39, 0.29) is 29.5 Å². The molecule has 0 unspecified atom stereocenters. The predicted octanol–water partition coefficient (Wildman–Crippen LogP) is 3.73. The maximum atomic E-state index is 12.3. The first kappa shape index (κ1) is 20.7. The molecule has 1 N–H and O–H groups in total. The van der Waals surface area contributed by atoms with Gasteiger partial charge in [-0.25, -0.2) is 4.79 Å². The second kappa shape index (κ2) is 9.47. The fourth-order valence-electron chi connectivity index (χ4n) is 2.74. The van der Waals surface area contributed by atoms with Crippen LogP contribution < -0.4 is 10.1 Å². The SMILES string of the molecule is Cc1ccccc1OCCN(C)C(=O)Nc1ccc(CN2C(=O)CSC2=O)cc1. The molecule has 0 aromatic heterocycles. The molecule has 1 fully saturated rings. The average molecular weight is 413 g/mol. The standard InChI is InChI=1S/C21H23N3O4S/c1-15-5-3-4-6-18(15)28-12-11-23(2)20(26)22-17-9-7-16(8-10-17)13-24-19(25)14-29-21(24)27/h3-10H,11-14H2,1-2H3,(H,22,26). The van der Waals surface area contributed by atoms with Gasteiger partial charge in [0.15, 0.2) is 0 Å². The monoisotopic (exact) mass is 413 g/mol.